The van der Waals surface area contributed by atoms with Crippen molar-refractivity contribution >= 4 is 10.1 Å². The first-order chi connectivity index (χ1) is 8.20. The Kier molecular flexibility index (Phi) is 10.4. The van der Waals surface area contributed by atoms with E-state index in [4.69, 9.17) is 9.47 Å². The zero-order valence-electron chi connectivity index (χ0n) is 10.6. The molecule has 0 rings (SSSR count). The van der Waals surface area contributed by atoms with Crippen molar-refractivity contribution in [2.45, 2.75) is 38.5 Å². The van der Waals surface area contributed by atoms with Crippen LogP contribution in [0.25, 0.3) is 0 Å². The molecule has 0 saturated carbocycles. The molecule has 1 atom stereocenters. The van der Waals surface area contributed by atoms with Gasteiger partial charge in [-0.3, -0.25) is 8.89 Å². The van der Waals surface area contributed by atoms with Gasteiger partial charge in [-0.05, 0) is 13.3 Å². The Bertz CT molecular complexity index is 317. The summed E-state index contributed by atoms with van der Waals surface area (Å²) in [6.07, 6.45) is 1.17. The molecule has 5 nitrogen and oxygen atoms in total. The van der Waals surface area contributed by atoms with Crippen LogP contribution in [0.1, 0.15) is 26.7 Å². The lowest BCUT2D eigenvalue weighted by Crippen LogP contribution is -2.27. The third kappa shape index (κ3) is 9.14. The average Bonchev–Trinajstić information content (AvgIpc) is 2.23. The molecule has 0 fully saturated rings. The first-order valence-electron chi connectivity index (χ1n) is 5.39. The molecule has 0 saturated heterocycles. The molecule has 0 bridgehead atoms. The van der Waals surface area contributed by atoms with Crippen molar-refractivity contribution in [2.24, 2.45) is 0 Å². The van der Waals surface area contributed by atoms with Crippen LogP contribution in [0.5, 0.6) is 0 Å². The first-order valence-corrected chi connectivity index (χ1v) is 6.80. The molecule has 10 heteroatoms. The fraction of sp³-hybridized carbons (Fsp3) is 1.00. The summed E-state index contributed by atoms with van der Waals surface area (Å²) >= 11 is 0. The van der Waals surface area contributed by atoms with Crippen molar-refractivity contribution in [3.63, 3.8) is 0 Å². The molecule has 0 heterocycles. The highest BCUT2D eigenvalue weighted by atomic mass is 32.2. The van der Waals surface area contributed by atoms with E-state index >= 15 is 0 Å². The molecule has 0 aromatic carbocycles. The molecule has 19 heavy (non-hydrogen) atoms. The van der Waals surface area contributed by atoms with Gasteiger partial charge in [-0.25, -0.2) is 0 Å². The Morgan fingerprint density at radius 2 is 1.63 bits per heavy atom. The third-order valence-corrected chi connectivity index (χ3v) is 2.85. The third-order valence-electron chi connectivity index (χ3n) is 1.81. The summed E-state index contributed by atoms with van der Waals surface area (Å²) in [4.78, 5) is 0. The molecule has 0 aliphatic carbocycles. The van der Waals surface area contributed by atoms with E-state index in [2.05, 4.69) is 4.18 Å². The van der Waals surface area contributed by atoms with Crippen LogP contribution in [0, 0.1) is 0 Å². The van der Waals surface area contributed by atoms with E-state index < -0.39 is 28.5 Å². The summed E-state index contributed by atoms with van der Waals surface area (Å²) in [6.45, 7) is 3.00. The minimum Gasteiger partial charge on any atom is -0.353 e. The van der Waals surface area contributed by atoms with Crippen LogP contribution < -0.4 is 0 Å². The Balaban J connectivity index is 0. The SMILES string of the molecule is CCCCOC(C)OCCOS(=O)(=O)C(F)(F)F.F. The summed E-state index contributed by atoms with van der Waals surface area (Å²) < 4.78 is 70.3. The van der Waals surface area contributed by atoms with Crippen LogP contribution in [0.4, 0.5) is 17.9 Å². The highest BCUT2D eigenvalue weighted by Gasteiger charge is 2.47. The van der Waals surface area contributed by atoms with Gasteiger partial charge in [-0.15, -0.1) is 0 Å². The van der Waals surface area contributed by atoms with E-state index in [-0.39, 0.29) is 11.3 Å². The normalized spacial score (nSPS) is 13.9. The van der Waals surface area contributed by atoms with Crippen LogP contribution in [0.2, 0.25) is 0 Å². The minimum atomic E-state index is -5.54. The molecule has 0 radical (unpaired) electrons. The monoisotopic (exact) mass is 314 g/mol. The molecule has 1 unspecified atom stereocenters. The number of unbranched alkanes of at least 4 members (excludes halogenated alkanes) is 1. The van der Waals surface area contributed by atoms with Gasteiger partial charge in [0.25, 0.3) is 0 Å². The number of halogens is 4. The predicted octanol–water partition coefficient (Wildman–Crippen LogP) is 2.18. The number of ether oxygens (including phenoxy) is 2. The molecule has 0 aromatic heterocycles. The first kappa shape index (κ1) is 20.9. The number of hydrogen-bond donors (Lipinski definition) is 0. The van der Waals surface area contributed by atoms with E-state index in [9.17, 15) is 21.6 Å². The van der Waals surface area contributed by atoms with Gasteiger partial charge in [0, 0.05) is 6.61 Å². The van der Waals surface area contributed by atoms with Crippen molar-refractivity contribution in [1.29, 1.82) is 0 Å². The zero-order chi connectivity index (χ0) is 14.2. The summed E-state index contributed by atoms with van der Waals surface area (Å²) in [7, 11) is -5.54. The second kappa shape index (κ2) is 9.45. The van der Waals surface area contributed by atoms with Gasteiger partial charge in [-0.2, -0.15) is 21.6 Å². The quantitative estimate of drug-likeness (QED) is 0.215. The van der Waals surface area contributed by atoms with Gasteiger partial charge in [-0.1, -0.05) is 13.3 Å². The predicted molar refractivity (Wildman–Crippen MR) is 59.7 cm³/mol. The van der Waals surface area contributed by atoms with E-state index in [1.807, 2.05) is 6.92 Å². The Hall–Kier alpha value is -0.450. The smallest absolute Gasteiger partial charge is 0.353 e. The summed E-state index contributed by atoms with van der Waals surface area (Å²) in [5.74, 6) is 0. The maximum absolute atomic E-state index is 11.8. The summed E-state index contributed by atoms with van der Waals surface area (Å²) in [5, 5.41) is 0. The van der Waals surface area contributed by atoms with Crippen LogP contribution in [0.15, 0.2) is 0 Å². The van der Waals surface area contributed by atoms with Gasteiger partial charge in [0.15, 0.2) is 6.29 Å². The Morgan fingerprint density at radius 1 is 1.11 bits per heavy atom. The van der Waals surface area contributed by atoms with Crippen molar-refractivity contribution in [2.75, 3.05) is 19.8 Å². The van der Waals surface area contributed by atoms with Crippen molar-refractivity contribution in [3.8, 4) is 0 Å². The van der Waals surface area contributed by atoms with E-state index in [1.165, 1.54) is 0 Å². The minimum absolute atomic E-state index is 0. The highest BCUT2D eigenvalue weighted by molar-refractivity contribution is 7.87. The molecular formula is C9H18F4O5S. The van der Waals surface area contributed by atoms with Crippen molar-refractivity contribution < 1.29 is 40.0 Å². The van der Waals surface area contributed by atoms with E-state index in [1.54, 1.807) is 6.92 Å². The van der Waals surface area contributed by atoms with E-state index in [0.29, 0.717) is 6.61 Å². The highest BCUT2D eigenvalue weighted by Crippen LogP contribution is 2.24. The molecule has 0 aliphatic heterocycles. The zero-order valence-corrected chi connectivity index (χ0v) is 11.4. The molecular weight excluding hydrogens is 296 g/mol. The number of rotatable bonds is 9. The van der Waals surface area contributed by atoms with Crippen molar-refractivity contribution in [1.82, 2.24) is 0 Å². The lowest BCUT2D eigenvalue weighted by atomic mass is 10.4. The van der Waals surface area contributed by atoms with Gasteiger partial charge >= 0.3 is 15.6 Å². The van der Waals surface area contributed by atoms with Crippen LogP contribution in [-0.2, 0) is 23.8 Å². The lowest BCUT2D eigenvalue weighted by molar-refractivity contribution is -0.135. The topological polar surface area (TPSA) is 61.8 Å². The Labute approximate surface area is 109 Å². The fourth-order valence-electron chi connectivity index (χ4n) is 0.866. The summed E-state index contributed by atoms with van der Waals surface area (Å²) in [5.41, 5.74) is -5.41. The Morgan fingerprint density at radius 3 is 2.11 bits per heavy atom. The maximum atomic E-state index is 11.8. The van der Waals surface area contributed by atoms with Crippen LogP contribution in [-0.4, -0.2) is 40.0 Å². The van der Waals surface area contributed by atoms with Crippen LogP contribution >= 0.6 is 0 Å². The van der Waals surface area contributed by atoms with Gasteiger partial charge < -0.3 is 9.47 Å². The molecule has 118 valence electrons. The maximum Gasteiger partial charge on any atom is 0.523 e. The standard InChI is InChI=1S/C9H17F3O5S.FH/c1-3-4-5-15-8(2)16-6-7-17-18(13,14)9(10,11)12;/h8H,3-7H2,1-2H3;1H. The second-order valence-corrected chi connectivity index (χ2v) is 4.99. The van der Waals surface area contributed by atoms with Gasteiger partial charge in [0.2, 0.25) is 0 Å². The summed E-state index contributed by atoms with van der Waals surface area (Å²) in [6, 6.07) is 0. The fourth-order valence-corrected chi connectivity index (χ4v) is 1.29. The molecule has 0 amide bonds. The number of alkyl halides is 3. The molecule has 0 aromatic rings. The molecule has 0 aliphatic rings. The molecule has 0 N–H and O–H groups in total. The second-order valence-electron chi connectivity index (χ2n) is 3.38. The molecule has 0 spiro atoms. The van der Waals surface area contributed by atoms with E-state index in [0.717, 1.165) is 12.8 Å². The van der Waals surface area contributed by atoms with Crippen LogP contribution in [0.3, 0.4) is 0 Å². The average molecular weight is 314 g/mol. The number of hydrogen-bond acceptors (Lipinski definition) is 5. The largest absolute Gasteiger partial charge is 0.523 e. The van der Waals surface area contributed by atoms with Gasteiger partial charge in [0.1, 0.15) is 0 Å². The van der Waals surface area contributed by atoms with Crippen molar-refractivity contribution in [3.05, 3.63) is 0 Å². The lowest BCUT2D eigenvalue weighted by Gasteiger charge is -2.14. The van der Waals surface area contributed by atoms with Gasteiger partial charge in [0.05, 0.1) is 13.2 Å².